The van der Waals surface area contributed by atoms with E-state index in [9.17, 15) is 0 Å². The highest BCUT2D eigenvalue weighted by Crippen LogP contribution is 2.13. The molecule has 1 saturated heterocycles. The van der Waals surface area contributed by atoms with E-state index in [0.717, 1.165) is 32.5 Å². The highest BCUT2D eigenvalue weighted by Gasteiger charge is 2.21. The fraction of sp³-hybridized carbons (Fsp3) is 0.600. The summed E-state index contributed by atoms with van der Waals surface area (Å²) >= 11 is 0. The summed E-state index contributed by atoms with van der Waals surface area (Å²) in [7, 11) is 0. The lowest BCUT2D eigenvalue weighted by atomic mass is 10.2. The van der Waals surface area contributed by atoms with Crippen LogP contribution in [-0.2, 0) is 6.54 Å². The predicted molar refractivity (Wildman–Crippen MR) is 74.4 cm³/mol. The van der Waals surface area contributed by atoms with Gasteiger partial charge in [-0.2, -0.15) is 0 Å². The Bertz CT molecular complexity index is 329. The van der Waals surface area contributed by atoms with Gasteiger partial charge in [-0.25, -0.2) is 0 Å². The van der Waals surface area contributed by atoms with Crippen molar-refractivity contribution in [1.82, 2.24) is 10.2 Å². The van der Waals surface area contributed by atoms with Gasteiger partial charge in [-0.1, -0.05) is 30.3 Å². The van der Waals surface area contributed by atoms with Gasteiger partial charge in [0.2, 0.25) is 0 Å². The highest BCUT2D eigenvalue weighted by atomic mass is 16.2. The molecule has 3 heteroatoms. The monoisotopic (exact) mass is 248 g/mol. The maximum atomic E-state index is 8.73. The number of benzene rings is 1. The summed E-state index contributed by atoms with van der Waals surface area (Å²) in [6.07, 6.45) is 3.23. The van der Waals surface area contributed by atoms with Crippen molar-refractivity contribution in [2.75, 3.05) is 26.2 Å². The lowest BCUT2D eigenvalue weighted by Crippen LogP contribution is -2.33. The van der Waals surface area contributed by atoms with Crippen molar-refractivity contribution in [3.63, 3.8) is 0 Å². The van der Waals surface area contributed by atoms with Crippen LogP contribution >= 0.6 is 0 Å². The molecular formula is C15H24N2O. The molecule has 1 aliphatic rings. The van der Waals surface area contributed by atoms with Crippen LogP contribution in [0.5, 0.6) is 0 Å². The first-order valence-corrected chi connectivity index (χ1v) is 6.99. The Morgan fingerprint density at radius 1 is 1.22 bits per heavy atom. The number of hydrogen-bond donors (Lipinski definition) is 2. The van der Waals surface area contributed by atoms with Crippen molar-refractivity contribution in [3.8, 4) is 0 Å². The summed E-state index contributed by atoms with van der Waals surface area (Å²) in [4.78, 5) is 2.51. The number of unbranched alkanes of at least 4 members (excludes halogenated alkanes) is 1. The molecule has 0 aliphatic carbocycles. The minimum absolute atomic E-state index is 0.312. The quantitative estimate of drug-likeness (QED) is 0.720. The van der Waals surface area contributed by atoms with Crippen LogP contribution in [0.15, 0.2) is 30.3 Å². The molecule has 18 heavy (non-hydrogen) atoms. The van der Waals surface area contributed by atoms with Gasteiger partial charge in [-0.15, -0.1) is 0 Å². The summed E-state index contributed by atoms with van der Waals surface area (Å²) in [5.41, 5.74) is 1.40. The van der Waals surface area contributed by atoms with Gasteiger partial charge in [0.05, 0.1) is 0 Å². The Morgan fingerprint density at radius 3 is 2.83 bits per heavy atom. The second-order valence-corrected chi connectivity index (χ2v) is 5.09. The standard InChI is InChI=1S/C15H24N2O/c18-11-5-4-9-16-15-8-10-17(13-15)12-14-6-2-1-3-7-14/h1-3,6-7,15-16,18H,4-5,8-13H2. The van der Waals surface area contributed by atoms with Crippen molar-refractivity contribution in [1.29, 1.82) is 0 Å². The zero-order valence-corrected chi connectivity index (χ0v) is 11.0. The number of rotatable bonds is 7. The molecule has 2 N–H and O–H groups in total. The minimum atomic E-state index is 0.312. The SMILES string of the molecule is OCCCCNC1CCN(Cc2ccccc2)C1. The topological polar surface area (TPSA) is 35.5 Å². The van der Waals surface area contributed by atoms with E-state index in [1.54, 1.807) is 0 Å². The van der Waals surface area contributed by atoms with E-state index >= 15 is 0 Å². The van der Waals surface area contributed by atoms with Crippen LogP contribution in [0, 0.1) is 0 Å². The van der Waals surface area contributed by atoms with E-state index in [1.807, 2.05) is 0 Å². The van der Waals surface area contributed by atoms with Crippen molar-refractivity contribution >= 4 is 0 Å². The van der Waals surface area contributed by atoms with Gasteiger partial charge in [0, 0.05) is 32.3 Å². The molecule has 0 bridgehead atoms. The summed E-state index contributed by atoms with van der Waals surface area (Å²) in [5, 5.41) is 12.3. The Kier molecular flexibility index (Phi) is 5.65. The largest absolute Gasteiger partial charge is 0.396 e. The van der Waals surface area contributed by atoms with Crippen molar-refractivity contribution in [2.45, 2.75) is 31.8 Å². The third-order valence-electron chi connectivity index (χ3n) is 3.54. The second-order valence-electron chi connectivity index (χ2n) is 5.09. The highest BCUT2D eigenvalue weighted by molar-refractivity contribution is 5.14. The van der Waals surface area contributed by atoms with Gasteiger partial charge in [-0.05, 0) is 31.4 Å². The normalized spacial score (nSPS) is 20.4. The van der Waals surface area contributed by atoms with Crippen molar-refractivity contribution in [3.05, 3.63) is 35.9 Å². The van der Waals surface area contributed by atoms with Gasteiger partial charge < -0.3 is 10.4 Å². The smallest absolute Gasteiger partial charge is 0.0431 e. The Labute approximate surface area is 110 Å². The average molecular weight is 248 g/mol. The Hall–Kier alpha value is -0.900. The molecule has 1 atom stereocenters. The lowest BCUT2D eigenvalue weighted by Gasteiger charge is -2.16. The van der Waals surface area contributed by atoms with Gasteiger partial charge in [-0.3, -0.25) is 4.90 Å². The fourth-order valence-corrected chi connectivity index (χ4v) is 2.53. The van der Waals surface area contributed by atoms with Gasteiger partial charge in [0.15, 0.2) is 0 Å². The Morgan fingerprint density at radius 2 is 2.06 bits per heavy atom. The van der Waals surface area contributed by atoms with Crippen LogP contribution < -0.4 is 5.32 Å². The first-order valence-electron chi connectivity index (χ1n) is 6.99. The molecule has 100 valence electrons. The molecular weight excluding hydrogens is 224 g/mol. The lowest BCUT2D eigenvalue weighted by molar-refractivity contribution is 0.281. The molecule has 0 amide bonds. The zero-order chi connectivity index (χ0) is 12.6. The fourth-order valence-electron chi connectivity index (χ4n) is 2.53. The van der Waals surface area contributed by atoms with Crippen LogP contribution in [0.25, 0.3) is 0 Å². The molecule has 2 rings (SSSR count). The minimum Gasteiger partial charge on any atom is -0.396 e. The number of aliphatic hydroxyl groups excluding tert-OH is 1. The van der Waals surface area contributed by atoms with E-state index in [4.69, 9.17) is 5.11 Å². The zero-order valence-electron chi connectivity index (χ0n) is 11.0. The molecule has 1 aliphatic heterocycles. The maximum absolute atomic E-state index is 8.73. The molecule has 0 saturated carbocycles. The van der Waals surface area contributed by atoms with E-state index in [1.165, 1.54) is 18.5 Å². The van der Waals surface area contributed by atoms with Crippen LogP contribution in [0.2, 0.25) is 0 Å². The molecule has 1 aromatic rings. The third-order valence-corrected chi connectivity index (χ3v) is 3.54. The average Bonchev–Trinajstić information content (AvgIpc) is 2.84. The van der Waals surface area contributed by atoms with Gasteiger partial charge >= 0.3 is 0 Å². The van der Waals surface area contributed by atoms with E-state index < -0.39 is 0 Å². The van der Waals surface area contributed by atoms with E-state index in [0.29, 0.717) is 12.6 Å². The second kappa shape index (κ2) is 7.52. The van der Waals surface area contributed by atoms with Crippen LogP contribution in [0.1, 0.15) is 24.8 Å². The molecule has 0 spiro atoms. The molecule has 1 fully saturated rings. The first kappa shape index (κ1) is 13.5. The van der Waals surface area contributed by atoms with Crippen LogP contribution in [-0.4, -0.2) is 42.3 Å². The van der Waals surface area contributed by atoms with Crippen molar-refractivity contribution in [2.24, 2.45) is 0 Å². The first-order chi connectivity index (χ1) is 8.88. The van der Waals surface area contributed by atoms with E-state index in [2.05, 4.69) is 40.5 Å². The van der Waals surface area contributed by atoms with E-state index in [-0.39, 0.29) is 0 Å². The molecule has 3 nitrogen and oxygen atoms in total. The number of nitrogens with zero attached hydrogens (tertiary/aromatic N) is 1. The number of hydrogen-bond acceptors (Lipinski definition) is 3. The number of nitrogens with one attached hydrogen (secondary N) is 1. The van der Waals surface area contributed by atoms with Crippen LogP contribution in [0.3, 0.4) is 0 Å². The third kappa shape index (κ3) is 4.41. The van der Waals surface area contributed by atoms with Crippen LogP contribution in [0.4, 0.5) is 0 Å². The predicted octanol–water partition coefficient (Wildman–Crippen LogP) is 1.62. The van der Waals surface area contributed by atoms with Gasteiger partial charge in [0.25, 0.3) is 0 Å². The summed E-state index contributed by atoms with van der Waals surface area (Å²) in [6.45, 7) is 4.74. The molecule has 1 heterocycles. The van der Waals surface area contributed by atoms with Crippen molar-refractivity contribution < 1.29 is 5.11 Å². The molecule has 0 aromatic heterocycles. The summed E-state index contributed by atoms with van der Waals surface area (Å²) in [5.74, 6) is 0. The number of likely N-dealkylation sites (tertiary alicyclic amines) is 1. The summed E-state index contributed by atoms with van der Waals surface area (Å²) < 4.78 is 0. The molecule has 0 radical (unpaired) electrons. The maximum Gasteiger partial charge on any atom is 0.0431 e. The van der Waals surface area contributed by atoms with Gasteiger partial charge in [0.1, 0.15) is 0 Å². The molecule has 1 aromatic carbocycles. The summed E-state index contributed by atoms with van der Waals surface area (Å²) in [6, 6.07) is 11.3. The number of aliphatic hydroxyl groups is 1. The Balaban J connectivity index is 1.65. The molecule has 1 unspecified atom stereocenters.